The minimum Gasteiger partial charge on any atom is -0.393 e. The second kappa shape index (κ2) is 8.59. The van der Waals surface area contributed by atoms with Crippen LogP contribution < -0.4 is 19.9 Å². The first-order valence-electron chi connectivity index (χ1n) is 10.8. The van der Waals surface area contributed by atoms with E-state index in [0.29, 0.717) is 25.6 Å². The number of H-pyrrole nitrogens is 1. The molecule has 9 heteroatoms. The van der Waals surface area contributed by atoms with Crippen LogP contribution in [0.4, 0.5) is 16.2 Å². The number of nitrogens with one attached hydrogen (secondary N) is 2. The monoisotopic (exact) mass is 448 g/mol. The fourth-order valence-corrected chi connectivity index (χ4v) is 4.33. The number of morpholine rings is 1. The van der Waals surface area contributed by atoms with Gasteiger partial charge in [0, 0.05) is 47.9 Å². The van der Waals surface area contributed by atoms with Crippen LogP contribution in [0.2, 0.25) is 0 Å². The van der Waals surface area contributed by atoms with Crippen molar-refractivity contribution in [3.8, 4) is 5.88 Å². The third kappa shape index (κ3) is 4.27. The third-order valence-corrected chi connectivity index (χ3v) is 5.92. The van der Waals surface area contributed by atoms with Crippen molar-refractivity contribution in [3.63, 3.8) is 0 Å². The molecule has 5 rings (SSSR count). The molecule has 2 aliphatic rings. The highest BCUT2D eigenvalue weighted by Crippen LogP contribution is 2.29. The maximum atomic E-state index is 12.6. The zero-order valence-electron chi connectivity index (χ0n) is 18.2. The van der Waals surface area contributed by atoms with Gasteiger partial charge in [-0.05, 0) is 36.8 Å². The van der Waals surface area contributed by atoms with Crippen LogP contribution >= 0.6 is 0 Å². The van der Waals surface area contributed by atoms with E-state index in [1.165, 1.54) is 0 Å². The van der Waals surface area contributed by atoms with Crippen LogP contribution in [0.5, 0.6) is 5.88 Å². The van der Waals surface area contributed by atoms with Gasteiger partial charge < -0.3 is 29.6 Å². The largest absolute Gasteiger partial charge is 0.414 e. The summed E-state index contributed by atoms with van der Waals surface area (Å²) in [6.45, 7) is 3.34. The Hall–Kier alpha value is -3.85. The van der Waals surface area contributed by atoms with E-state index in [0.717, 1.165) is 27.8 Å². The number of amides is 3. The Morgan fingerprint density at radius 1 is 1.12 bits per heavy atom. The van der Waals surface area contributed by atoms with Crippen molar-refractivity contribution in [1.29, 1.82) is 0 Å². The van der Waals surface area contributed by atoms with E-state index in [2.05, 4.69) is 10.3 Å². The van der Waals surface area contributed by atoms with Crippen molar-refractivity contribution in [2.75, 3.05) is 36.1 Å². The van der Waals surface area contributed by atoms with Gasteiger partial charge in [-0.15, -0.1) is 0 Å². The highest BCUT2D eigenvalue weighted by atomic mass is 16.6. The highest BCUT2D eigenvalue weighted by molar-refractivity contribution is 5.98. The van der Waals surface area contributed by atoms with Crippen molar-refractivity contribution in [3.05, 3.63) is 54.1 Å². The Morgan fingerprint density at radius 2 is 1.97 bits per heavy atom. The molecule has 1 unspecified atom stereocenters. The molecule has 1 aromatic heterocycles. The van der Waals surface area contributed by atoms with Gasteiger partial charge in [-0.3, -0.25) is 9.59 Å². The molecule has 9 nitrogen and oxygen atoms in total. The number of aromatic nitrogens is 1. The molecular weight excluding hydrogens is 424 g/mol. The summed E-state index contributed by atoms with van der Waals surface area (Å²) in [5, 5.41) is 3.72. The molecule has 170 valence electrons. The van der Waals surface area contributed by atoms with E-state index < -0.39 is 6.09 Å². The molecule has 2 N–H and O–H groups in total. The number of hydrogen-bond donors (Lipinski definition) is 2. The first-order chi connectivity index (χ1) is 16.0. The molecular formula is C24H24N4O5. The molecule has 2 aliphatic heterocycles. The van der Waals surface area contributed by atoms with Crippen LogP contribution in [-0.4, -0.2) is 55.2 Å². The molecule has 3 heterocycles. The smallest absolute Gasteiger partial charge is 0.393 e. The first-order valence-corrected chi connectivity index (χ1v) is 10.8. The predicted octanol–water partition coefficient (Wildman–Crippen LogP) is 2.73. The number of carbonyl (C=O) groups is 3. The molecule has 0 bridgehead atoms. The molecule has 0 radical (unpaired) electrons. The number of benzene rings is 2. The van der Waals surface area contributed by atoms with Gasteiger partial charge in [0.15, 0.2) is 0 Å². The van der Waals surface area contributed by atoms with Crippen LogP contribution in [0.25, 0.3) is 10.9 Å². The van der Waals surface area contributed by atoms with Gasteiger partial charge in [-0.2, -0.15) is 0 Å². The Morgan fingerprint density at radius 3 is 2.76 bits per heavy atom. The van der Waals surface area contributed by atoms with Crippen molar-refractivity contribution < 1.29 is 23.9 Å². The van der Waals surface area contributed by atoms with E-state index in [1.807, 2.05) is 49.4 Å². The quantitative estimate of drug-likeness (QED) is 0.639. The topological polar surface area (TPSA) is 104 Å². The number of aromatic amines is 1. The molecule has 1 atom stereocenters. The number of rotatable bonds is 4. The van der Waals surface area contributed by atoms with Gasteiger partial charge in [-0.1, -0.05) is 18.2 Å². The van der Waals surface area contributed by atoms with Crippen molar-refractivity contribution >= 4 is 40.2 Å². The lowest BCUT2D eigenvalue weighted by atomic mass is 10.1. The van der Waals surface area contributed by atoms with E-state index in [4.69, 9.17) is 9.47 Å². The van der Waals surface area contributed by atoms with Crippen LogP contribution in [0, 0.1) is 6.92 Å². The zero-order chi connectivity index (χ0) is 22.9. The number of aryl methyl sites for hydroxylation is 1. The first kappa shape index (κ1) is 21.0. The molecule has 3 aromatic rings. The minimum absolute atomic E-state index is 0.0768. The molecule has 0 spiro atoms. The maximum Gasteiger partial charge on any atom is 0.414 e. The zero-order valence-corrected chi connectivity index (χ0v) is 18.2. The third-order valence-electron chi connectivity index (χ3n) is 5.92. The summed E-state index contributed by atoms with van der Waals surface area (Å²) in [4.78, 5) is 43.5. The van der Waals surface area contributed by atoms with E-state index in [-0.39, 0.29) is 30.9 Å². The summed E-state index contributed by atoms with van der Waals surface area (Å²) in [5.74, 6) is 0.186. The molecule has 33 heavy (non-hydrogen) atoms. The Labute approximate surface area is 190 Å². The van der Waals surface area contributed by atoms with E-state index in [1.54, 1.807) is 15.9 Å². The summed E-state index contributed by atoms with van der Waals surface area (Å²) < 4.78 is 10.6. The number of nitrogens with zero attached hydrogens (tertiary/aromatic N) is 2. The van der Waals surface area contributed by atoms with Crippen molar-refractivity contribution in [2.45, 2.75) is 19.4 Å². The fraction of sp³-hybridized carbons (Fsp3) is 0.292. The number of ether oxygens (including phenoxy) is 2. The second-order valence-corrected chi connectivity index (χ2v) is 8.23. The maximum absolute atomic E-state index is 12.6. The van der Waals surface area contributed by atoms with Crippen LogP contribution in [0.3, 0.4) is 0 Å². The second-order valence-electron chi connectivity index (χ2n) is 8.23. The lowest BCUT2D eigenvalue weighted by molar-refractivity contribution is -0.125. The van der Waals surface area contributed by atoms with Crippen LogP contribution in [-0.2, 0) is 14.3 Å². The SMILES string of the molecule is Cc1cc(N2CC(NC(=O)Oc3cc4ccccc4[nH]3)CC2=O)ccc1N1CCOCC1=O. The number of para-hydroxylation sites is 1. The average Bonchev–Trinajstić information content (AvgIpc) is 3.36. The molecule has 0 saturated carbocycles. The van der Waals surface area contributed by atoms with Gasteiger partial charge in [0.25, 0.3) is 5.91 Å². The van der Waals surface area contributed by atoms with Gasteiger partial charge in [-0.25, -0.2) is 4.79 Å². The molecule has 0 aliphatic carbocycles. The van der Waals surface area contributed by atoms with Gasteiger partial charge >= 0.3 is 6.09 Å². The highest BCUT2D eigenvalue weighted by Gasteiger charge is 2.32. The Kier molecular flexibility index (Phi) is 5.47. The summed E-state index contributed by atoms with van der Waals surface area (Å²) >= 11 is 0. The Bertz CT molecular complexity index is 1200. The van der Waals surface area contributed by atoms with Crippen molar-refractivity contribution in [2.24, 2.45) is 0 Å². The number of fused-ring (bicyclic) bond motifs is 1. The summed E-state index contributed by atoms with van der Waals surface area (Å²) in [7, 11) is 0. The van der Waals surface area contributed by atoms with Gasteiger partial charge in [0.05, 0.1) is 12.6 Å². The lowest BCUT2D eigenvalue weighted by Crippen LogP contribution is -2.42. The normalized spacial score (nSPS) is 18.8. The van der Waals surface area contributed by atoms with Gasteiger partial charge in [0.1, 0.15) is 6.61 Å². The standard InChI is InChI=1S/C24H24N4O5/c1-15-10-18(6-7-20(15)27-8-9-32-14-23(27)30)28-13-17(12-22(28)29)25-24(31)33-21-11-16-4-2-3-5-19(16)26-21/h2-7,10-11,17,26H,8-9,12-14H2,1H3,(H,25,31). The fourth-order valence-electron chi connectivity index (χ4n) is 4.33. The van der Waals surface area contributed by atoms with E-state index in [9.17, 15) is 14.4 Å². The average molecular weight is 448 g/mol. The van der Waals surface area contributed by atoms with Crippen LogP contribution in [0.1, 0.15) is 12.0 Å². The molecule has 2 fully saturated rings. The minimum atomic E-state index is -0.612. The summed E-state index contributed by atoms with van der Waals surface area (Å²) in [6, 6.07) is 14.6. The van der Waals surface area contributed by atoms with Gasteiger partial charge in [0.2, 0.25) is 11.8 Å². The van der Waals surface area contributed by atoms with E-state index >= 15 is 0 Å². The summed E-state index contributed by atoms with van der Waals surface area (Å²) in [6.07, 6.45) is -0.427. The molecule has 2 aromatic carbocycles. The number of carbonyl (C=O) groups excluding carboxylic acids is 3. The number of hydrogen-bond acceptors (Lipinski definition) is 5. The lowest BCUT2D eigenvalue weighted by Gasteiger charge is -2.29. The van der Waals surface area contributed by atoms with Crippen LogP contribution in [0.15, 0.2) is 48.5 Å². The predicted molar refractivity (Wildman–Crippen MR) is 123 cm³/mol. The molecule has 2 saturated heterocycles. The van der Waals surface area contributed by atoms with Crippen molar-refractivity contribution in [1.82, 2.24) is 10.3 Å². The number of anilines is 2. The molecule has 3 amide bonds. The Balaban J connectivity index is 1.23. The summed E-state index contributed by atoms with van der Waals surface area (Å²) in [5.41, 5.74) is 3.32.